The Morgan fingerprint density at radius 3 is 1.54 bits per heavy atom. The van der Waals surface area contributed by atoms with Crippen molar-refractivity contribution in [3.05, 3.63) is 70.1 Å². The van der Waals surface area contributed by atoms with Gasteiger partial charge in [-0.15, -0.1) is 45.3 Å². The number of aromatic nitrogens is 1. The van der Waals surface area contributed by atoms with Gasteiger partial charge in [0, 0.05) is 20.9 Å². The highest BCUT2D eigenvalue weighted by Gasteiger charge is 2.26. The van der Waals surface area contributed by atoms with Crippen LogP contribution in [-0.2, 0) is 0 Å². The van der Waals surface area contributed by atoms with E-state index in [2.05, 4.69) is 70.1 Å². The van der Waals surface area contributed by atoms with E-state index in [1.807, 2.05) is 0 Å². The van der Waals surface area contributed by atoms with Gasteiger partial charge in [0.2, 0.25) is 0 Å². The monoisotopic (exact) mass is 437 g/mol. The molecule has 138 valence electrons. The van der Waals surface area contributed by atoms with Crippen LogP contribution in [0, 0.1) is 0 Å². The predicted molar refractivity (Wildman–Crippen MR) is 124 cm³/mol. The number of ether oxygens (including phenoxy) is 1. The number of thiophene rings is 4. The summed E-state index contributed by atoms with van der Waals surface area (Å²) < 4.78 is 5.99. The molecule has 0 aromatic carbocycles. The molecule has 28 heavy (non-hydrogen) atoms. The van der Waals surface area contributed by atoms with Crippen molar-refractivity contribution in [2.45, 2.75) is 0 Å². The molecule has 0 aliphatic carbocycles. The van der Waals surface area contributed by atoms with Crippen LogP contribution in [0.3, 0.4) is 0 Å². The summed E-state index contributed by atoms with van der Waals surface area (Å²) in [6, 6.07) is 16.9. The molecule has 5 heterocycles. The van der Waals surface area contributed by atoms with E-state index in [-0.39, 0.29) is 0 Å². The van der Waals surface area contributed by atoms with Crippen molar-refractivity contribution in [3.63, 3.8) is 0 Å². The molecule has 0 bridgehead atoms. The quantitative estimate of drug-likeness (QED) is 0.278. The first kappa shape index (κ1) is 17.8. The summed E-state index contributed by atoms with van der Waals surface area (Å²) in [5.41, 5.74) is 4.20. The number of pyridine rings is 1. The molecule has 0 radical (unpaired) electrons. The van der Waals surface area contributed by atoms with Crippen LogP contribution in [0.4, 0.5) is 0 Å². The van der Waals surface area contributed by atoms with Crippen LogP contribution in [0.1, 0.15) is 0 Å². The molecule has 2 nitrogen and oxygen atoms in total. The van der Waals surface area contributed by atoms with Crippen molar-refractivity contribution >= 4 is 45.3 Å². The standard InChI is InChI=1S/C22H15NOS4/c1-24-22-19(15-7-3-11-26-15)18(14-6-2-10-25-14)20(16-8-4-12-27-16)23-21(22)17-9-5-13-28-17/h2-13H,1H3. The zero-order chi connectivity index (χ0) is 18.9. The van der Waals surface area contributed by atoms with Crippen LogP contribution in [0.2, 0.25) is 0 Å². The molecule has 0 N–H and O–H groups in total. The van der Waals surface area contributed by atoms with Gasteiger partial charge in [0.25, 0.3) is 0 Å². The maximum atomic E-state index is 5.99. The predicted octanol–water partition coefficient (Wildman–Crippen LogP) is 8.00. The van der Waals surface area contributed by atoms with Gasteiger partial charge in [0.05, 0.1) is 22.6 Å². The highest BCUT2D eigenvalue weighted by atomic mass is 32.1. The Morgan fingerprint density at radius 1 is 0.607 bits per heavy atom. The van der Waals surface area contributed by atoms with E-state index in [0.717, 1.165) is 33.1 Å². The zero-order valence-corrected chi connectivity index (χ0v) is 18.2. The summed E-state index contributed by atoms with van der Waals surface area (Å²) in [6.45, 7) is 0. The van der Waals surface area contributed by atoms with Gasteiger partial charge in [0.1, 0.15) is 5.69 Å². The number of hydrogen-bond donors (Lipinski definition) is 0. The van der Waals surface area contributed by atoms with Crippen molar-refractivity contribution in [3.8, 4) is 47.8 Å². The Kier molecular flexibility index (Phi) is 4.86. The third-order valence-corrected chi connectivity index (χ3v) is 7.93. The van der Waals surface area contributed by atoms with Gasteiger partial charge < -0.3 is 4.74 Å². The first-order chi connectivity index (χ1) is 13.9. The van der Waals surface area contributed by atoms with Gasteiger partial charge >= 0.3 is 0 Å². The van der Waals surface area contributed by atoms with Crippen molar-refractivity contribution in [1.29, 1.82) is 0 Å². The normalized spacial score (nSPS) is 11.0. The molecule has 0 spiro atoms. The smallest absolute Gasteiger partial charge is 0.155 e. The molecule has 0 saturated carbocycles. The molecule has 0 atom stereocenters. The molecule has 0 amide bonds. The number of nitrogens with zero attached hydrogens (tertiary/aromatic N) is 1. The SMILES string of the molecule is COc1c(-c2cccs2)nc(-c2cccs2)c(-c2cccs2)c1-c1cccs1. The van der Waals surface area contributed by atoms with Crippen molar-refractivity contribution in [2.24, 2.45) is 0 Å². The lowest BCUT2D eigenvalue weighted by Gasteiger charge is -2.18. The molecular formula is C22H15NOS4. The summed E-state index contributed by atoms with van der Waals surface area (Å²) in [5.74, 6) is 0.841. The molecule has 5 rings (SSSR count). The highest BCUT2D eigenvalue weighted by Crippen LogP contribution is 2.51. The van der Waals surface area contributed by atoms with E-state index < -0.39 is 0 Å². The van der Waals surface area contributed by atoms with Crippen LogP contribution >= 0.6 is 45.3 Å². The number of rotatable bonds is 5. The number of hydrogen-bond acceptors (Lipinski definition) is 6. The first-order valence-electron chi connectivity index (χ1n) is 8.64. The van der Waals surface area contributed by atoms with Gasteiger partial charge in [-0.1, -0.05) is 24.3 Å². The Bertz CT molecular complexity index is 1170. The van der Waals surface area contributed by atoms with Gasteiger partial charge in [-0.3, -0.25) is 0 Å². The second kappa shape index (κ2) is 7.64. The second-order valence-corrected chi connectivity index (χ2v) is 9.79. The van der Waals surface area contributed by atoms with Crippen LogP contribution < -0.4 is 4.74 Å². The summed E-state index contributed by atoms with van der Waals surface area (Å²) >= 11 is 6.88. The zero-order valence-electron chi connectivity index (χ0n) is 14.9. The molecule has 5 aromatic heterocycles. The van der Waals surface area contributed by atoms with E-state index in [9.17, 15) is 0 Å². The lowest BCUT2D eigenvalue weighted by atomic mass is 9.99. The van der Waals surface area contributed by atoms with E-state index in [4.69, 9.17) is 9.72 Å². The van der Waals surface area contributed by atoms with Gasteiger partial charge in [-0.25, -0.2) is 4.98 Å². The fourth-order valence-corrected chi connectivity index (χ4v) is 6.24. The van der Waals surface area contributed by atoms with Crippen molar-refractivity contribution < 1.29 is 4.74 Å². The average molecular weight is 438 g/mol. The molecule has 0 fully saturated rings. The highest BCUT2D eigenvalue weighted by molar-refractivity contribution is 7.15. The fourth-order valence-electron chi connectivity index (χ4n) is 3.26. The van der Waals surface area contributed by atoms with Crippen LogP contribution in [0.15, 0.2) is 70.1 Å². The Hall–Kier alpha value is -2.25. The fraction of sp³-hybridized carbons (Fsp3) is 0.0455. The molecule has 5 aromatic rings. The first-order valence-corrected chi connectivity index (χ1v) is 12.2. The van der Waals surface area contributed by atoms with Crippen molar-refractivity contribution in [1.82, 2.24) is 4.98 Å². The molecular weight excluding hydrogens is 423 g/mol. The summed E-state index contributed by atoms with van der Waals surface area (Å²) in [7, 11) is 1.74. The largest absolute Gasteiger partial charge is 0.494 e. The molecule has 0 aliphatic rings. The van der Waals surface area contributed by atoms with Crippen molar-refractivity contribution in [2.75, 3.05) is 7.11 Å². The lowest BCUT2D eigenvalue weighted by molar-refractivity contribution is 0.417. The average Bonchev–Trinajstić information content (AvgIpc) is 3.53. The number of methoxy groups -OCH3 is 1. The molecule has 6 heteroatoms. The Morgan fingerprint density at radius 2 is 1.07 bits per heavy atom. The maximum absolute atomic E-state index is 5.99. The summed E-state index contributed by atoms with van der Waals surface area (Å²) in [4.78, 5) is 9.84. The molecule has 0 aliphatic heterocycles. The van der Waals surface area contributed by atoms with Gasteiger partial charge in [-0.2, -0.15) is 0 Å². The second-order valence-electron chi connectivity index (χ2n) is 6.00. The van der Waals surface area contributed by atoms with Gasteiger partial charge in [-0.05, 0) is 45.8 Å². The third kappa shape index (κ3) is 3.02. The maximum Gasteiger partial charge on any atom is 0.155 e. The summed E-state index contributed by atoms with van der Waals surface area (Å²) in [5, 5.41) is 8.42. The van der Waals surface area contributed by atoms with Crippen LogP contribution in [0.25, 0.3) is 42.0 Å². The lowest BCUT2D eigenvalue weighted by Crippen LogP contribution is -1.99. The van der Waals surface area contributed by atoms with Gasteiger partial charge in [0.15, 0.2) is 5.75 Å². The van der Waals surface area contributed by atoms with E-state index in [1.165, 1.54) is 14.6 Å². The van der Waals surface area contributed by atoms with E-state index >= 15 is 0 Å². The minimum Gasteiger partial charge on any atom is -0.494 e. The van der Waals surface area contributed by atoms with E-state index in [1.54, 1.807) is 52.5 Å². The Balaban J connectivity index is 1.94. The third-order valence-electron chi connectivity index (χ3n) is 4.40. The van der Waals surface area contributed by atoms with E-state index in [0.29, 0.717) is 0 Å². The topological polar surface area (TPSA) is 22.1 Å². The Labute approximate surface area is 179 Å². The molecule has 0 saturated heterocycles. The van der Waals surface area contributed by atoms with Crippen LogP contribution in [0.5, 0.6) is 5.75 Å². The summed E-state index contributed by atoms with van der Waals surface area (Å²) in [6.07, 6.45) is 0. The molecule has 0 unspecified atom stereocenters. The minimum absolute atomic E-state index is 0.841. The minimum atomic E-state index is 0.841. The van der Waals surface area contributed by atoms with Crippen LogP contribution in [-0.4, -0.2) is 12.1 Å².